The van der Waals surface area contributed by atoms with Gasteiger partial charge in [0.15, 0.2) is 0 Å². The van der Waals surface area contributed by atoms with Crippen molar-refractivity contribution in [2.24, 2.45) is 0 Å². The minimum Gasteiger partial charge on any atom is -0.361 e. The lowest BCUT2D eigenvalue weighted by molar-refractivity contribution is -0.384. The van der Waals surface area contributed by atoms with Crippen molar-refractivity contribution in [1.82, 2.24) is 14.9 Å². The second-order valence-corrected chi connectivity index (χ2v) is 5.54. The predicted octanol–water partition coefficient (Wildman–Crippen LogP) is 0.993. The van der Waals surface area contributed by atoms with E-state index in [0.717, 1.165) is 38.8 Å². The molecule has 1 aliphatic heterocycles. The fourth-order valence-corrected chi connectivity index (χ4v) is 2.35. The quantitative estimate of drug-likeness (QED) is 0.595. The van der Waals surface area contributed by atoms with Gasteiger partial charge >= 0.3 is 5.69 Å². The summed E-state index contributed by atoms with van der Waals surface area (Å²) in [6, 6.07) is 0.243. The van der Waals surface area contributed by atoms with E-state index in [-0.39, 0.29) is 35.9 Å². The van der Waals surface area contributed by atoms with Gasteiger partial charge in [0.05, 0.1) is 11.5 Å². The number of nitrogens with one attached hydrogen (secondary N) is 2. The van der Waals surface area contributed by atoms with E-state index < -0.39 is 4.92 Å². The van der Waals surface area contributed by atoms with Gasteiger partial charge in [-0.2, -0.15) is 4.98 Å². The summed E-state index contributed by atoms with van der Waals surface area (Å²) in [7, 11) is 0. The zero-order valence-electron chi connectivity index (χ0n) is 12.1. The topological polar surface area (TPSA) is 113 Å². The maximum Gasteiger partial charge on any atom is 0.329 e. The monoisotopic (exact) mass is 306 g/mol. The van der Waals surface area contributed by atoms with Crippen molar-refractivity contribution < 1.29 is 9.72 Å². The van der Waals surface area contributed by atoms with Crippen LogP contribution in [0.3, 0.4) is 0 Å². The number of carbonyl (C=O) groups excluding carboxylic acids is 1. The van der Waals surface area contributed by atoms with Crippen molar-refractivity contribution in [3.63, 3.8) is 0 Å². The first kappa shape index (κ1) is 14.5. The Hall–Kier alpha value is -2.45. The average Bonchev–Trinajstić information content (AvgIpc) is 3.14. The van der Waals surface area contributed by atoms with E-state index in [1.54, 1.807) is 4.90 Å². The number of rotatable bonds is 6. The number of hydrogen-bond donors (Lipinski definition) is 2. The highest BCUT2D eigenvalue weighted by Crippen LogP contribution is 2.29. The zero-order chi connectivity index (χ0) is 15.5. The number of nitro groups is 1. The number of amides is 1. The van der Waals surface area contributed by atoms with Gasteiger partial charge in [-0.05, 0) is 25.7 Å². The fraction of sp³-hybridized carbons (Fsp3) is 0.615. The molecule has 1 saturated carbocycles. The second-order valence-electron chi connectivity index (χ2n) is 5.54. The summed E-state index contributed by atoms with van der Waals surface area (Å²) >= 11 is 0. The Labute approximate surface area is 127 Å². The van der Waals surface area contributed by atoms with Crippen molar-refractivity contribution in [2.45, 2.75) is 31.7 Å². The van der Waals surface area contributed by atoms with Crippen molar-refractivity contribution in [3.05, 3.63) is 16.3 Å². The Bertz CT molecular complexity index is 583. The maximum atomic E-state index is 12.0. The van der Waals surface area contributed by atoms with Gasteiger partial charge in [0.25, 0.3) is 0 Å². The van der Waals surface area contributed by atoms with Crippen molar-refractivity contribution >= 4 is 23.4 Å². The molecule has 9 nitrogen and oxygen atoms in total. The van der Waals surface area contributed by atoms with Crippen LogP contribution in [0.15, 0.2) is 6.20 Å². The van der Waals surface area contributed by atoms with Crippen LogP contribution in [0.2, 0.25) is 0 Å². The molecule has 0 unspecified atom stereocenters. The Morgan fingerprint density at radius 2 is 2.14 bits per heavy atom. The molecule has 1 amide bonds. The summed E-state index contributed by atoms with van der Waals surface area (Å²) in [5.74, 6) is 0.427. The van der Waals surface area contributed by atoms with Gasteiger partial charge in [-0.25, -0.2) is 4.98 Å². The van der Waals surface area contributed by atoms with Crippen molar-refractivity contribution in [2.75, 3.05) is 30.3 Å². The van der Waals surface area contributed by atoms with Crippen LogP contribution in [0.25, 0.3) is 0 Å². The van der Waals surface area contributed by atoms with Gasteiger partial charge < -0.3 is 15.5 Å². The minimum absolute atomic E-state index is 0.00356. The van der Waals surface area contributed by atoms with E-state index in [1.807, 2.05) is 0 Å². The van der Waals surface area contributed by atoms with Crippen molar-refractivity contribution in [3.8, 4) is 0 Å². The van der Waals surface area contributed by atoms with Crippen LogP contribution in [-0.2, 0) is 4.79 Å². The van der Waals surface area contributed by atoms with Crippen LogP contribution in [-0.4, -0.2) is 51.4 Å². The van der Waals surface area contributed by atoms with E-state index >= 15 is 0 Å². The minimum atomic E-state index is -0.510. The molecule has 0 aromatic carbocycles. The number of likely N-dealkylation sites (tertiary alicyclic amines) is 1. The molecule has 0 spiro atoms. The summed E-state index contributed by atoms with van der Waals surface area (Å²) < 4.78 is 0. The largest absolute Gasteiger partial charge is 0.361 e. The summed E-state index contributed by atoms with van der Waals surface area (Å²) in [4.78, 5) is 32.3. The van der Waals surface area contributed by atoms with E-state index in [1.165, 1.54) is 6.20 Å². The van der Waals surface area contributed by atoms with Gasteiger partial charge in [0, 0.05) is 19.1 Å². The normalized spacial score (nSPS) is 17.4. The van der Waals surface area contributed by atoms with Gasteiger partial charge in [-0.3, -0.25) is 14.9 Å². The predicted molar refractivity (Wildman–Crippen MR) is 79.6 cm³/mol. The smallest absolute Gasteiger partial charge is 0.329 e. The number of nitrogens with zero attached hydrogens (tertiary/aromatic N) is 4. The molecule has 118 valence electrons. The molecule has 1 aromatic rings. The average molecular weight is 306 g/mol. The molecule has 1 aromatic heterocycles. The van der Waals surface area contributed by atoms with Gasteiger partial charge in [-0.1, -0.05) is 0 Å². The first-order valence-electron chi connectivity index (χ1n) is 7.43. The molecule has 1 aliphatic carbocycles. The van der Waals surface area contributed by atoms with Gasteiger partial charge in [0.1, 0.15) is 6.20 Å². The first-order valence-corrected chi connectivity index (χ1v) is 7.43. The Morgan fingerprint density at radius 3 is 2.77 bits per heavy atom. The maximum absolute atomic E-state index is 12.0. The summed E-state index contributed by atoms with van der Waals surface area (Å²) in [6.45, 7) is 1.67. The molecule has 2 N–H and O–H groups in total. The molecule has 2 aliphatic rings. The molecule has 0 bridgehead atoms. The summed E-state index contributed by atoms with van der Waals surface area (Å²) in [6.07, 6.45) is 5.21. The van der Waals surface area contributed by atoms with Crippen LogP contribution in [0.5, 0.6) is 0 Å². The lowest BCUT2D eigenvalue weighted by Crippen LogP contribution is -2.33. The van der Waals surface area contributed by atoms with E-state index in [4.69, 9.17) is 0 Å². The Kier molecular flexibility index (Phi) is 4.03. The molecule has 9 heteroatoms. The molecule has 0 atom stereocenters. The lowest BCUT2D eigenvalue weighted by atomic mass is 10.4. The SMILES string of the molecule is O=C(CNc1ncc([N+](=O)[O-])c(NC2CC2)n1)N1CCCC1. The first-order chi connectivity index (χ1) is 10.6. The number of carbonyl (C=O) groups is 1. The van der Waals surface area contributed by atoms with E-state index in [9.17, 15) is 14.9 Å². The summed E-state index contributed by atoms with van der Waals surface area (Å²) in [5.41, 5.74) is -0.150. The van der Waals surface area contributed by atoms with Gasteiger partial charge in [0.2, 0.25) is 17.7 Å². The third-order valence-corrected chi connectivity index (χ3v) is 3.74. The standard InChI is InChI=1S/C13H18N6O3/c20-11(18-5-1-2-6-18)8-15-13-14-7-10(19(21)22)12(17-13)16-9-3-4-9/h7,9H,1-6,8H2,(H2,14,15,16,17). The molecule has 2 heterocycles. The third-order valence-electron chi connectivity index (χ3n) is 3.74. The molecule has 0 radical (unpaired) electrons. The molecular formula is C13H18N6O3. The van der Waals surface area contributed by atoms with Crippen LogP contribution in [0.1, 0.15) is 25.7 Å². The number of hydrogen-bond acceptors (Lipinski definition) is 7. The molecular weight excluding hydrogens is 288 g/mol. The highest BCUT2D eigenvalue weighted by molar-refractivity contribution is 5.80. The highest BCUT2D eigenvalue weighted by Gasteiger charge is 2.26. The lowest BCUT2D eigenvalue weighted by Gasteiger charge is -2.15. The Balaban J connectivity index is 1.65. The molecule has 3 rings (SSSR count). The van der Waals surface area contributed by atoms with E-state index in [0.29, 0.717) is 0 Å². The highest BCUT2D eigenvalue weighted by atomic mass is 16.6. The molecule has 2 fully saturated rings. The van der Waals surface area contributed by atoms with Crippen LogP contribution in [0.4, 0.5) is 17.5 Å². The summed E-state index contributed by atoms with van der Waals surface area (Å²) in [5, 5.41) is 16.8. The van der Waals surface area contributed by atoms with Crippen LogP contribution in [0, 0.1) is 10.1 Å². The van der Waals surface area contributed by atoms with Gasteiger partial charge in [-0.15, -0.1) is 0 Å². The number of aromatic nitrogens is 2. The van der Waals surface area contributed by atoms with Crippen LogP contribution < -0.4 is 10.6 Å². The van der Waals surface area contributed by atoms with Crippen molar-refractivity contribution in [1.29, 1.82) is 0 Å². The fourth-order valence-electron chi connectivity index (χ4n) is 2.35. The molecule has 1 saturated heterocycles. The zero-order valence-corrected chi connectivity index (χ0v) is 12.1. The molecule has 22 heavy (non-hydrogen) atoms. The second kappa shape index (κ2) is 6.12. The number of anilines is 2. The third kappa shape index (κ3) is 3.41. The van der Waals surface area contributed by atoms with Crippen LogP contribution >= 0.6 is 0 Å². The Morgan fingerprint density at radius 1 is 1.41 bits per heavy atom. The van der Waals surface area contributed by atoms with E-state index in [2.05, 4.69) is 20.6 Å².